The number of rotatable bonds is 5. The van der Waals surface area contributed by atoms with Gasteiger partial charge in [-0.1, -0.05) is 24.3 Å². The average molecular weight is 321 g/mol. The summed E-state index contributed by atoms with van der Waals surface area (Å²) in [6, 6.07) is 13.7. The highest BCUT2D eigenvalue weighted by molar-refractivity contribution is 5.91. The van der Waals surface area contributed by atoms with E-state index in [2.05, 4.69) is 11.1 Å². The summed E-state index contributed by atoms with van der Waals surface area (Å²) in [7, 11) is 4.88. The van der Waals surface area contributed by atoms with Gasteiger partial charge in [0.05, 0.1) is 32.4 Å². The molecular weight excluding hydrogens is 302 g/mol. The topological polar surface area (TPSA) is 40.6 Å². The van der Waals surface area contributed by atoms with E-state index in [0.717, 1.165) is 22.0 Å². The van der Waals surface area contributed by atoms with Gasteiger partial charge in [0, 0.05) is 23.7 Å². The average Bonchev–Trinajstić information content (AvgIpc) is 2.65. The first kappa shape index (κ1) is 15.9. The van der Waals surface area contributed by atoms with Crippen LogP contribution in [0, 0.1) is 0 Å². The fourth-order valence-electron chi connectivity index (χ4n) is 2.63. The number of hydrogen-bond acceptors (Lipinski definition) is 4. The molecular formula is C20H19NO3. The van der Waals surface area contributed by atoms with Crippen LogP contribution < -0.4 is 14.2 Å². The third-order valence-electron chi connectivity index (χ3n) is 3.87. The molecule has 122 valence electrons. The molecule has 0 atom stereocenters. The first-order valence-electron chi connectivity index (χ1n) is 7.58. The molecule has 1 aromatic heterocycles. The molecule has 3 aromatic rings. The Morgan fingerprint density at radius 1 is 0.833 bits per heavy atom. The molecule has 1 heterocycles. The van der Waals surface area contributed by atoms with Crippen LogP contribution in [0.5, 0.6) is 17.2 Å². The van der Waals surface area contributed by atoms with Crippen molar-refractivity contribution in [3.8, 4) is 17.2 Å². The summed E-state index contributed by atoms with van der Waals surface area (Å²) in [5.41, 5.74) is 2.91. The lowest BCUT2D eigenvalue weighted by Gasteiger charge is -2.12. The number of hydrogen-bond donors (Lipinski definition) is 0. The van der Waals surface area contributed by atoms with Gasteiger partial charge in [-0.2, -0.15) is 0 Å². The molecule has 2 aromatic carbocycles. The summed E-state index contributed by atoms with van der Waals surface area (Å²) in [6.45, 7) is 0. The lowest BCUT2D eigenvalue weighted by molar-refractivity contribution is 0.374. The van der Waals surface area contributed by atoms with Crippen molar-refractivity contribution < 1.29 is 14.2 Å². The van der Waals surface area contributed by atoms with E-state index in [1.807, 2.05) is 54.7 Å². The Balaban J connectivity index is 2.08. The van der Waals surface area contributed by atoms with Crippen molar-refractivity contribution >= 4 is 23.1 Å². The highest BCUT2D eigenvalue weighted by atomic mass is 16.5. The number of fused-ring (bicyclic) bond motifs is 1. The Labute approximate surface area is 141 Å². The van der Waals surface area contributed by atoms with Gasteiger partial charge < -0.3 is 14.2 Å². The number of ether oxygens (including phenoxy) is 3. The Morgan fingerprint density at radius 3 is 2.21 bits per heavy atom. The number of para-hydroxylation sites is 1. The molecule has 0 aliphatic heterocycles. The summed E-state index contributed by atoms with van der Waals surface area (Å²) in [5, 5.41) is 1.10. The molecule has 0 amide bonds. The van der Waals surface area contributed by atoms with Gasteiger partial charge in [0.1, 0.15) is 17.2 Å². The minimum absolute atomic E-state index is 0.690. The Morgan fingerprint density at radius 2 is 1.54 bits per heavy atom. The Bertz CT molecular complexity index is 857. The SMILES string of the molecule is COc1cc(OC)c(/C=C\c2ccnc3ccccc23)c(OC)c1. The number of aromatic nitrogens is 1. The predicted octanol–water partition coefficient (Wildman–Crippen LogP) is 4.43. The van der Waals surface area contributed by atoms with Crippen LogP contribution in [-0.2, 0) is 0 Å². The quantitative estimate of drug-likeness (QED) is 0.697. The zero-order chi connectivity index (χ0) is 16.9. The Hall–Kier alpha value is -3.01. The van der Waals surface area contributed by atoms with Crippen LogP contribution >= 0.6 is 0 Å². The second-order valence-corrected chi connectivity index (χ2v) is 5.20. The van der Waals surface area contributed by atoms with Crippen molar-refractivity contribution in [3.05, 3.63) is 59.8 Å². The van der Waals surface area contributed by atoms with E-state index >= 15 is 0 Å². The lowest BCUT2D eigenvalue weighted by atomic mass is 10.1. The summed E-state index contributed by atoms with van der Waals surface area (Å²) < 4.78 is 16.2. The molecule has 0 saturated heterocycles. The second-order valence-electron chi connectivity index (χ2n) is 5.20. The minimum Gasteiger partial charge on any atom is -0.496 e. The maximum Gasteiger partial charge on any atom is 0.133 e. The fourth-order valence-corrected chi connectivity index (χ4v) is 2.63. The summed E-state index contributed by atoms with van der Waals surface area (Å²) in [6.07, 6.45) is 5.83. The van der Waals surface area contributed by atoms with E-state index in [1.165, 1.54) is 0 Å². The smallest absolute Gasteiger partial charge is 0.133 e. The molecule has 0 bridgehead atoms. The molecule has 0 fully saturated rings. The molecule has 4 nitrogen and oxygen atoms in total. The van der Waals surface area contributed by atoms with E-state index in [-0.39, 0.29) is 0 Å². The molecule has 24 heavy (non-hydrogen) atoms. The van der Waals surface area contributed by atoms with Crippen molar-refractivity contribution in [1.29, 1.82) is 0 Å². The monoisotopic (exact) mass is 321 g/mol. The van der Waals surface area contributed by atoms with Gasteiger partial charge in [0.2, 0.25) is 0 Å². The normalized spacial score (nSPS) is 11.0. The zero-order valence-corrected chi connectivity index (χ0v) is 13.9. The van der Waals surface area contributed by atoms with Crippen molar-refractivity contribution in [2.45, 2.75) is 0 Å². The largest absolute Gasteiger partial charge is 0.496 e. The summed E-state index contributed by atoms with van der Waals surface area (Å²) in [4.78, 5) is 4.39. The van der Waals surface area contributed by atoms with Gasteiger partial charge in [-0.05, 0) is 23.8 Å². The van der Waals surface area contributed by atoms with E-state index in [0.29, 0.717) is 17.2 Å². The molecule has 3 rings (SSSR count). The van der Waals surface area contributed by atoms with Crippen LogP contribution in [0.25, 0.3) is 23.1 Å². The maximum absolute atomic E-state index is 5.48. The van der Waals surface area contributed by atoms with E-state index in [4.69, 9.17) is 14.2 Å². The highest BCUT2D eigenvalue weighted by Crippen LogP contribution is 2.35. The number of pyridine rings is 1. The van der Waals surface area contributed by atoms with Crippen LogP contribution in [0.4, 0.5) is 0 Å². The molecule has 0 saturated carbocycles. The van der Waals surface area contributed by atoms with Crippen molar-refractivity contribution in [2.75, 3.05) is 21.3 Å². The standard InChI is InChI=1S/C20H19NO3/c1-22-15-12-19(23-2)17(20(13-15)24-3)9-8-14-10-11-21-18-7-5-4-6-16(14)18/h4-13H,1-3H3/b9-8-. The zero-order valence-electron chi connectivity index (χ0n) is 13.9. The lowest BCUT2D eigenvalue weighted by Crippen LogP contribution is -1.94. The fraction of sp³-hybridized carbons (Fsp3) is 0.150. The van der Waals surface area contributed by atoms with Gasteiger partial charge in [-0.25, -0.2) is 0 Å². The van der Waals surface area contributed by atoms with Gasteiger partial charge in [0.25, 0.3) is 0 Å². The van der Waals surface area contributed by atoms with Crippen LogP contribution in [-0.4, -0.2) is 26.3 Å². The first-order valence-corrected chi connectivity index (χ1v) is 7.58. The second kappa shape index (κ2) is 7.04. The predicted molar refractivity (Wildman–Crippen MR) is 96.8 cm³/mol. The van der Waals surface area contributed by atoms with Crippen LogP contribution in [0.1, 0.15) is 11.1 Å². The third-order valence-corrected chi connectivity index (χ3v) is 3.87. The van der Waals surface area contributed by atoms with Crippen molar-refractivity contribution in [1.82, 2.24) is 4.98 Å². The van der Waals surface area contributed by atoms with Gasteiger partial charge >= 0.3 is 0 Å². The first-order chi connectivity index (χ1) is 11.8. The van der Waals surface area contributed by atoms with Crippen LogP contribution in [0.15, 0.2) is 48.7 Å². The van der Waals surface area contributed by atoms with Gasteiger partial charge in [-0.15, -0.1) is 0 Å². The molecule has 0 radical (unpaired) electrons. The summed E-state index contributed by atoms with van der Waals surface area (Å²) in [5.74, 6) is 2.08. The molecule has 0 aliphatic carbocycles. The molecule has 0 aliphatic rings. The van der Waals surface area contributed by atoms with Gasteiger partial charge in [-0.3, -0.25) is 4.98 Å². The Kier molecular flexibility index (Phi) is 4.66. The molecule has 0 N–H and O–H groups in total. The van der Waals surface area contributed by atoms with Crippen LogP contribution in [0.3, 0.4) is 0 Å². The molecule has 0 unspecified atom stereocenters. The van der Waals surface area contributed by atoms with E-state index in [9.17, 15) is 0 Å². The molecule has 0 spiro atoms. The van der Waals surface area contributed by atoms with Crippen molar-refractivity contribution in [3.63, 3.8) is 0 Å². The molecule has 4 heteroatoms. The summed E-state index contributed by atoms with van der Waals surface area (Å²) >= 11 is 0. The maximum atomic E-state index is 5.48. The highest BCUT2D eigenvalue weighted by Gasteiger charge is 2.11. The van der Waals surface area contributed by atoms with Gasteiger partial charge in [0.15, 0.2) is 0 Å². The van der Waals surface area contributed by atoms with Crippen LogP contribution in [0.2, 0.25) is 0 Å². The third kappa shape index (κ3) is 3.04. The number of nitrogens with zero attached hydrogens (tertiary/aromatic N) is 1. The number of methoxy groups -OCH3 is 3. The minimum atomic E-state index is 0.690. The van der Waals surface area contributed by atoms with Crippen molar-refractivity contribution in [2.24, 2.45) is 0 Å². The van der Waals surface area contributed by atoms with E-state index in [1.54, 1.807) is 21.3 Å². The van der Waals surface area contributed by atoms with E-state index < -0.39 is 0 Å². The number of benzene rings is 2.